The number of para-hydroxylation sites is 1. The van der Waals surface area contributed by atoms with Crippen LogP contribution in [0.3, 0.4) is 0 Å². The summed E-state index contributed by atoms with van der Waals surface area (Å²) in [6, 6.07) is 13.1. The average molecular weight is 378 g/mol. The van der Waals surface area contributed by atoms with Gasteiger partial charge in [-0.25, -0.2) is 13.6 Å². The highest BCUT2D eigenvalue weighted by Gasteiger charge is 2.23. The Balaban J connectivity index is 2.02. The minimum atomic E-state index is -3.75. The molecule has 26 heavy (non-hydrogen) atoms. The third kappa shape index (κ3) is 5.04. The summed E-state index contributed by atoms with van der Waals surface area (Å²) in [6.07, 6.45) is 0. The molecular weight excluding hydrogens is 354 g/mol. The van der Waals surface area contributed by atoms with Crippen LogP contribution < -0.4 is 20.1 Å². The normalized spacial score (nSPS) is 13.7. The van der Waals surface area contributed by atoms with Gasteiger partial charge < -0.3 is 15.0 Å². The molecule has 0 aliphatic carbocycles. The Morgan fingerprint density at radius 1 is 1.19 bits per heavy atom. The topological polar surface area (TPSA) is 103 Å². The Kier molecular flexibility index (Phi) is 6.36. The van der Waals surface area contributed by atoms with Crippen molar-refractivity contribution in [3.05, 3.63) is 54.1 Å². The van der Waals surface area contributed by atoms with Gasteiger partial charge in [0.05, 0.1) is 19.1 Å². The third-order valence-corrected chi connectivity index (χ3v) is 5.17. The second-order valence-corrected chi connectivity index (χ2v) is 7.68. The largest absolute Gasteiger partial charge is 0.496 e. The fourth-order valence-corrected chi connectivity index (χ4v) is 3.02. The van der Waals surface area contributed by atoms with Crippen molar-refractivity contribution in [2.24, 2.45) is 5.14 Å². The van der Waals surface area contributed by atoms with Crippen LogP contribution in [0.5, 0.6) is 5.75 Å². The van der Waals surface area contributed by atoms with E-state index in [1.807, 2.05) is 38.2 Å². The van der Waals surface area contributed by atoms with Crippen molar-refractivity contribution in [3.63, 3.8) is 0 Å². The molecule has 140 valence electrons. The molecule has 0 spiro atoms. The van der Waals surface area contributed by atoms with Gasteiger partial charge in [-0.2, -0.15) is 0 Å². The molecule has 2 atom stereocenters. The van der Waals surface area contributed by atoms with Gasteiger partial charge >= 0.3 is 0 Å². The molecule has 0 bridgehead atoms. The molecule has 0 aliphatic rings. The van der Waals surface area contributed by atoms with Crippen molar-refractivity contribution in [1.29, 1.82) is 0 Å². The van der Waals surface area contributed by atoms with Crippen LogP contribution in [-0.2, 0) is 21.4 Å². The van der Waals surface area contributed by atoms with E-state index in [2.05, 4.69) is 5.32 Å². The average Bonchev–Trinajstić information content (AvgIpc) is 2.61. The van der Waals surface area contributed by atoms with Crippen LogP contribution in [0.25, 0.3) is 0 Å². The van der Waals surface area contributed by atoms with Crippen molar-refractivity contribution < 1.29 is 22.8 Å². The summed E-state index contributed by atoms with van der Waals surface area (Å²) < 4.78 is 27.9. The number of amides is 1. The van der Waals surface area contributed by atoms with Gasteiger partial charge in [0.15, 0.2) is 6.04 Å². The summed E-state index contributed by atoms with van der Waals surface area (Å²) in [6.45, 7) is 2.46. The Morgan fingerprint density at radius 2 is 1.81 bits per heavy atom. The first-order valence-corrected chi connectivity index (χ1v) is 9.65. The van der Waals surface area contributed by atoms with E-state index in [0.717, 1.165) is 16.2 Å². The Morgan fingerprint density at radius 3 is 2.38 bits per heavy atom. The van der Waals surface area contributed by atoms with E-state index in [0.29, 0.717) is 12.2 Å². The van der Waals surface area contributed by atoms with Crippen LogP contribution in [0.4, 0.5) is 5.69 Å². The fourth-order valence-electron chi connectivity index (χ4n) is 2.50. The number of primary sulfonamides is 1. The monoisotopic (exact) mass is 378 g/mol. The molecule has 0 radical (unpaired) electrons. The maximum absolute atomic E-state index is 12.5. The van der Waals surface area contributed by atoms with E-state index in [1.54, 1.807) is 7.11 Å². The molecule has 0 saturated carbocycles. The van der Waals surface area contributed by atoms with E-state index >= 15 is 0 Å². The molecule has 2 aromatic rings. The lowest BCUT2D eigenvalue weighted by Gasteiger charge is -2.22. The summed E-state index contributed by atoms with van der Waals surface area (Å²) in [4.78, 5) is 13.5. The molecule has 7 nitrogen and oxygen atoms in total. The number of hydrogen-bond donors (Lipinski definition) is 3. The number of sulfonamides is 1. The van der Waals surface area contributed by atoms with E-state index in [4.69, 9.17) is 9.88 Å². The molecule has 0 aliphatic heterocycles. The summed E-state index contributed by atoms with van der Waals surface area (Å²) in [5.41, 5.74) is 1.53. The summed E-state index contributed by atoms with van der Waals surface area (Å²) in [5, 5.41) is 7.85. The van der Waals surface area contributed by atoms with Crippen molar-refractivity contribution in [2.75, 3.05) is 19.5 Å². The molecular formula is C18H24N3O4S+. The number of carbonyl (C=O) groups excluding carboxylic acids is 1. The molecule has 2 rings (SSSR count). The van der Waals surface area contributed by atoms with Gasteiger partial charge in [0.25, 0.3) is 5.91 Å². The molecule has 0 saturated heterocycles. The van der Waals surface area contributed by atoms with Crippen LogP contribution in [0, 0.1) is 0 Å². The van der Waals surface area contributed by atoms with Gasteiger partial charge in [-0.15, -0.1) is 0 Å². The number of quaternary nitrogens is 1. The Bertz CT molecular complexity index is 866. The highest BCUT2D eigenvalue weighted by atomic mass is 32.2. The molecule has 1 unspecified atom stereocenters. The van der Waals surface area contributed by atoms with Gasteiger partial charge in [-0.1, -0.05) is 12.1 Å². The van der Waals surface area contributed by atoms with E-state index in [9.17, 15) is 13.2 Å². The zero-order valence-electron chi connectivity index (χ0n) is 15.0. The maximum atomic E-state index is 12.5. The molecule has 2 aromatic carbocycles. The lowest BCUT2D eigenvalue weighted by atomic mass is 10.1. The first kappa shape index (κ1) is 19.9. The molecule has 1 amide bonds. The number of ether oxygens (including phenoxy) is 1. The van der Waals surface area contributed by atoms with Gasteiger partial charge in [-0.05, 0) is 43.3 Å². The fraction of sp³-hybridized carbons (Fsp3) is 0.278. The van der Waals surface area contributed by atoms with Crippen molar-refractivity contribution in [2.45, 2.75) is 24.4 Å². The smallest absolute Gasteiger partial charge is 0.282 e. The predicted octanol–water partition coefficient (Wildman–Crippen LogP) is 0.385. The molecule has 0 fully saturated rings. The van der Waals surface area contributed by atoms with Crippen LogP contribution in [-0.4, -0.2) is 34.5 Å². The zero-order chi connectivity index (χ0) is 19.3. The van der Waals surface area contributed by atoms with E-state index in [1.165, 1.54) is 24.3 Å². The maximum Gasteiger partial charge on any atom is 0.282 e. The molecule has 4 N–H and O–H groups in total. The molecule has 8 heteroatoms. The lowest BCUT2D eigenvalue weighted by Crippen LogP contribution is -3.12. The van der Waals surface area contributed by atoms with Crippen LogP contribution in [0.15, 0.2) is 53.4 Å². The zero-order valence-corrected chi connectivity index (χ0v) is 15.8. The second-order valence-electron chi connectivity index (χ2n) is 6.12. The minimum Gasteiger partial charge on any atom is -0.496 e. The molecule has 0 heterocycles. The number of anilines is 1. The quantitative estimate of drug-likeness (QED) is 0.648. The first-order chi connectivity index (χ1) is 12.2. The van der Waals surface area contributed by atoms with Gasteiger partial charge in [0, 0.05) is 11.3 Å². The number of methoxy groups -OCH3 is 1. The minimum absolute atomic E-state index is 0.00228. The summed E-state index contributed by atoms with van der Waals surface area (Å²) in [7, 11) is -0.196. The first-order valence-electron chi connectivity index (χ1n) is 8.10. The van der Waals surface area contributed by atoms with Crippen molar-refractivity contribution in [1.82, 2.24) is 0 Å². The standard InChI is InChI=1S/C18H23N3O4S/c1-13(21(2)12-14-6-4-5-7-17(14)25-3)18(22)20-15-8-10-16(11-9-15)26(19,23)24/h4-11,13H,12H2,1-3H3,(H,20,22)(H2,19,23,24)/p+1/t13-/m1/s1. The second kappa shape index (κ2) is 8.31. The Hall–Kier alpha value is -2.42. The highest BCUT2D eigenvalue weighted by molar-refractivity contribution is 7.89. The van der Waals surface area contributed by atoms with Gasteiger partial charge in [0.2, 0.25) is 10.0 Å². The number of nitrogens with two attached hydrogens (primary N) is 1. The van der Waals surface area contributed by atoms with Gasteiger partial charge in [-0.3, -0.25) is 4.79 Å². The number of hydrogen-bond acceptors (Lipinski definition) is 4. The lowest BCUT2D eigenvalue weighted by molar-refractivity contribution is -0.907. The SMILES string of the molecule is COc1ccccc1C[NH+](C)[C@H](C)C(=O)Nc1ccc(S(N)(=O)=O)cc1. The van der Waals surface area contributed by atoms with Crippen LogP contribution >= 0.6 is 0 Å². The number of likely N-dealkylation sites (N-methyl/N-ethyl adjacent to an activating group) is 1. The highest BCUT2D eigenvalue weighted by Crippen LogP contribution is 2.16. The van der Waals surface area contributed by atoms with E-state index < -0.39 is 10.0 Å². The number of carbonyl (C=O) groups is 1. The van der Waals surface area contributed by atoms with Crippen molar-refractivity contribution >= 4 is 21.6 Å². The number of benzene rings is 2. The van der Waals surface area contributed by atoms with Crippen molar-refractivity contribution in [3.8, 4) is 5.75 Å². The summed E-state index contributed by atoms with van der Waals surface area (Å²) >= 11 is 0. The van der Waals surface area contributed by atoms with Crippen LogP contribution in [0.2, 0.25) is 0 Å². The number of nitrogens with one attached hydrogen (secondary N) is 2. The Labute approximate surface area is 153 Å². The van der Waals surface area contributed by atoms with E-state index in [-0.39, 0.29) is 16.8 Å². The third-order valence-electron chi connectivity index (χ3n) is 4.24. The molecule has 0 aromatic heterocycles. The predicted molar refractivity (Wildman–Crippen MR) is 99.5 cm³/mol. The summed E-state index contributed by atoms with van der Waals surface area (Å²) in [5.74, 6) is 0.624. The van der Waals surface area contributed by atoms with Crippen LogP contribution in [0.1, 0.15) is 12.5 Å². The number of rotatable bonds is 7. The van der Waals surface area contributed by atoms with Gasteiger partial charge in [0.1, 0.15) is 12.3 Å².